The zero-order valence-electron chi connectivity index (χ0n) is 13.8. The lowest BCUT2D eigenvalue weighted by Crippen LogP contribution is -2.06. The van der Waals surface area contributed by atoms with Crippen LogP contribution in [0.5, 0.6) is 11.5 Å². The van der Waals surface area contributed by atoms with Gasteiger partial charge in [0, 0.05) is 5.39 Å². The lowest BCUT2D eigenvalue weighted by atomic mass is 10.2. The van der Waals surface area contributed by atoms with Gasteiger partial charge in [-0.15, -0.1) is 0 Å². The number of ether oxygens (including phenoxy) is 2. The Kier molecular flexibility index (Phi) is 4.30. The summed E-state index contributed by atoms with van der Waals surface area (Å²) in [6.45, 7) is 0. The molecule has 128 valence electrons. The molecule has 0 spiro atoms. The number of hydrogen-bond acceptors (Lipinski definition) is 6. The molecule has 1 aromatic heterocycles. The number of hydrogen-bond donors (Lipinski definition) is 1. The van der Waals surface area contributed by atoms with Gasteiger partial charge >= 0.3 is 5.97 Å². The van der Waals surface area contributed by atoms with Gasteiger partial charge in [-0.25, -0.2) is 9.97 Å². The molecule has 0 saturated carbocycles. The van der Waals surface area contributed by atoms with Crippen molar-refractivity contribution in [3.8, 4) is 11.5 Å². The van der Waals surface area contributed by atoms with Gasteiger partial charge in [0.1, 0.15) is 23.6 Å². The van der Waals surface area contributed by atoms with Crippen molar-refractivity contribution in [1.82, 2.24) is 9.97 Å². The first-order valence-electron chi connectivity index (χ1n) is 8.09. The monoisotopic (exact) mass is 345 g/mol. The van der Waals surface area contributed by atoms with Crippen molar-refractivity contribution in [2.75, 3.05) is 5.32 Å². The molecule has 0 fully saturated rings. The maximum Gasteiger partial charge on any atom is 0.315 e. The molecule has 1 aliphatic heterocycles. The standard InChI is InChI=1S/C20H15N3O3/c24-19-8-2-1-5-11-25-18-7-4-3-6-17(18)23-20-15-12-14(26-19)9-10-16(15)21-13-22-20/h1-7,9-13H,8H2,(H,21,22,23). The largest absolute Gasteiger partial charge is 0.463 e. The number of allylic oxidation sites excluding steroid dienone is 2. The Morgan fingerprint density at radius 3 is 2.92 bits per heavy atom. The minimum atomic E-state index is -0.348. The van der Waals surface area contributed by atoms with Crippen molar-refractivity contribution in [3.05, 3.63) is 73.3 Å². The van der Waals surface area contributed by atoms with E-state index in [-0.39, 0.29) is 12.4 Å². The number of carbonyl (C=O) groups excluding carboxylic acids is 1. The maximum atomic E-state index is 12.0. The molecule has 26 heavy (non-hydrogen) atoms. The van der Waals surface area contributed by atoms with E-state index in [0.29, 0.717) is 17.3 Å². The van der Waals surface area contributed by atoms with Gasteiger partial charge in [0.15, 0.2) is 0 Å². The topological polar surface area (TPSA) is 73.3 Å². The molecule has 6 heteroatoms. The van der Waals surface area contributed by atoms with Crippen LogP contribution in [-0.2, 0) is 4.79 Å². The Hall–Kier alpha value is -3.67. The van der Waals surface area contributed by atoms with Crippen LogP contribution in [0.1, 0.15) is 6.42 Å². The maximum absolute atomic E-state index is 12.0. The van der Waals surface area contributed by atoms with Crippen LogP contribution in [0.15, 0.2) is 73.3 Å². The van der Waals surface area contributed by atoms with Crippen LogP contribution in [0.2, 0.25) is 0 Å². The Balaban J connectivity index is 1.84. The average Bonchev–Trinajstić information content (AvgIpc) is 2.66. The van der Waals surface area contributed by atoms with Crippen LogP contribution in [0, 0.1) is 0 Å². The fourth-order valence-corrected chi connectivity index (χ4v) is 2.57. The summed E-state index contributed by atoms with van der Waals surface area (Å²) >= 11 is 0. The molecule has 0 radical (unpaired) electrons. The second kappa shape index (κ2) is 7.06. The van der Waals surface area contributed by atoms with Crippen molar-refractivity contribution in [2.45, 2.75) is 6.42 Å². The molecule has 0 aliphatic carbocycles. The lowest BCUT2D eigenvalue weighted by molar-refractivity contribution is -0.133. The molecule has 3 aromatic rings. The van der Waals surface area contributed by atoms with E-state index >= 15 is 0 Å². The molecule has 0 amide bonds. The summed E-state index contributed by atoms with van der Waals surface area (Å²) in [5.74, 6) is 1.35. The summed E-state index contributed by atoms with van der Waals surface area (Å²) in [7, 11) is 0. The van der Waals surface area contributed by atoms with Crippen LogP contribution < -0.4 is 14.8 Å². The van der Waals surface area contributed by atoms with Gasteiger partial charge in [-0.1, -0.05) is 24.3 Å². The predicted octanol–water partition coefficient (Wildman–Crippen LogP) is 4.13. The van der Waals surface area contributed by atoms with E-state index in [9.17, 15) is 4.79 Å². The Morgan fingerprint density at radius 1 is 1.04 bits per heavy atom. The number of fused-ring (bicyclic) bond motifs is 2. The molecule has 2 heterocycles. The Bertz CT molecular complexity index is 1030. The number of carbonyl (C=O) groups is 1. The number of para-hydroxylation sites is 2. The van der Waals surface area contributed by atoms with Gasteiger partial charge in [0.25, 0.3) is 0 Å². The van der Waals surface area contributed by atoms with E-state index in [1.165, 1.54) is 6.33 Å². The third-order valence-electron chi connectivity index (χ3n) is 3.78. The minimum absolute atomic E-state index is 0.162. The quantitative estimate of drug-likeness (QED) is 0.488. The highest BCUT2D eigenvalue weighted by Gasteiger charge is 2.10. The molecule has 0 unspecified atom stereocenters. The van der Waals surface area contributed by atoms with E-state index in [1.807, 2.05) is 24.3 Å². The van der Waals surface area contributed by atoms with Crippen LogP contribution >= 0.6 is 0 Å². The number of benzene rings is 2. The summed E-state index contributed by atoms with van der Waals surface area (Å²) in [4.78, 5) is 20.5. The number of anilines is 2. The molecule has 2 aromatic carbocycles. The summed E-state index contributed by atoms with van der Waals surface area (Å²) in [6, 6.07) is 12.8. The third-order valence-corrected chi connectivity index (χ3v) is 3.78. The van der Waals surface area contributed by atoms with Crippen molar-refractivity contribution in [3.63, 3.8) is 0 Å². The van der Waals surface area contributed by atoms with E-state index in [4.69, 9.17) is 9.47 Å². The van der Waals surface area contributed by atoms with Crippen LogP contribution in [0.4, 0.5) is 11.5 Å². The van der Waals surface area contributed by atoms with E-state index in [1.54, 1.807) is 42.7 Å². The van der Waals surface area contributed by atoms with Crippen LogP contribution in [0.25, 0.3) is 10.9 Å². The summed E-state index contributed by atoms with van der Waals surface area (Å²) in [6.07, 6.45) is 8.36. The van der Waals surface area contributed by atoms with Crippen molar-refractivity contribution < 1.29 is 14.3 Å². The molecule has 1 aliphatic rings. The summed E-state index contributed by atoms with van der Waals surface area (Å²) in [5, 5.41) is 4.01. The zero-order chi connectivity index (χ0) is 17.8. The fraction of sp³-hybridized carbons (Fsp3) is 0.0500. The minimum Gasteiger partial charge on any atom is -0.463 e. The van der Waals surface area contributed by atoms with E-state index in [0.717, 1.165) is 16.6 Å². The van der Waals surface area contributed by atoms with Gasteiger partial charge in [-0.2, -0.15) is 0 Å². The fourth-order valence-electron chi connectivity index (χ4n) is 2.57. The Labute approximate surface area is 149 Å². The first-order chi connectivity index (χ1) is 12.8. The smallest absolute Gasteiger partial charge is 0.315 e. The summed E-state index contributed by atoms with van der Waals surface area (Å²) in [5.41, 5.74) is 1.50. The van der Waals surface area contributed by atoms with E-state index < -0.39 is 0 Å². The first-order valence-corrected chi connectivity index (χ1v) is 8.09. The molecular weight excluding hydrogens is 330 g/mol. The molecule has 2 bridgehead atoms. The number of nitrogens with zero attached hydrogens (tertiary/aromatic N) is 2. The van der Waals surface area contributed by atoms with E-state index in [2.05, 4.69) is 15.3 Å². The molecular formula is C20H15N3O3. The molecule has 0 saturated heterocycles. The van der Waals surface area contributed by atoms with Crippen LogP contribution in [-0.4, -0.2) is 15.9 Å². The highest BCUT2D eigenvalue weighted by Crippen LogP contribution is 2.31. The number of aromatic nitrogens is 2. The van der Waals surface area contributed by atoms with Gasteiger partial charge in [0.05, 0.1) is 23.9 Å². The molecule has 1 N–H and O–H groups in total. The predicted molar refractivity (Wildman–Crippen MR) is 98.4 cm³/mol. The van der Waals surface area contributed by atoms with Crippen molar-refractivity contribution >= 4 is 28.4 Å². The third kappa shape index (κ3) is 3.39. The van der Waals surface area contributed by atoms with Crippen molar-refractivity contribution in [2.24, 2.45) is 0 Å². The Morgan fingerprint density at radius 2 is 1.96 bits per heavy atom. The molecule has 0 atom stereocenters. The van der Waals surface area contributed by atoms with Crippen molar-refractivity contribution in [1.29, 1.82) is 0 Å². The van der Waals surface area contributed by atoms with Gasteiger partial charge < -0.3 is 14.8 Å². The van der Waals surface area contributed by atoms with Gasteiger partial charge in [-0.05, 0) is 36.4 Å². The number of nitrogens with one attached hydrogen (secondary N) is 1. The molecule has 4 rings (SSSR count). The first kappa shape index (κ1) is 15.8. The van der Waals surface area contributed by atoms with Gasteiger partial charge in [0.2, 0.25) is 0 Å². The highest BCUT2D eigenvalue weighted by atomic mass is 16.5. The summed E-state index contributed by atoms with van der Waals surface area (Å²) < 4.78 is 11.1. The van der Waals surface area contributed by atoms with Gasteiger partial charge in [-0.3, -0.25) is 4.79 Å². The molecule has 6 nitrogen and oxygen atoms in total. The SMILES string of the molecule is O=C1CC=CC=COc2ccccc2Nc2ncnc3ccc(cc23)O1. The zero-order valence-corrected chi connectivity index (χ0v) is 13.8. The number of esters is 1. The highest BCUT2D eigenvalue weighted by molar-refractivity contribution is 5.92. The normalized spacial score (nSPS) is 13.9. The second-order valence-corrected chi connectivity index (χ2v) is 5.58. The second-order valence-electron chi connectivity index (χ2n) is 5.58. The average molecular weight is 345 g/mol. The number of rotatable bonds is 0. The van der Waals surface area contributed by atoms with Crippen LogP contribution in [0.3, 0.4) is 0 Å². The lowest BCUT2D eigenvalue weighted by Gasteiger charge is -2.12.